The normalized spacial score (nSPS) is 13.4. The van der Waals surface area contributed by atoms with Crippen molar-refractivity contribution in [1.29, 1.82) is 0 Å². The minimum atomic E-state index is -1.33. The van der Waals surface area contributed by atoms with Gasteiger partial charge in [0, 0.05) is 7.11 Å². The molecule has 0 spiro atoms. The summed E-state index contributed by atoms with van der Waals surface area (Å²) in [5.41, 5.74) is 4.91. The van der Waals surface area contributed by atoms with Crippen LogP contribution in [0, 0.1) is 0 Å². The molecule has 0 saturated heterocycles. The number of carbonyl (C=O) groups is 3. The van der Waals surface area contributed by atoms with Gasteiger partial charge in [0.1, 0.15) is 6.04 Å². The first-order valence-electron chi connectivity index (χ1n) is 5.97. The number of nitrogens with one attached hydrogen (secondary N) is 2. The number of urea groups is 1. The standard InChI is InChI=1S/C11H21N3O5/c1-3-4-7(6-19-2)13-11(18)14-8(10(16)17)5-9(12)15/h7-8H,3-6H2,1-2H3,(H2,12,15)(H,16,17)(H2,13,14,18). The van der Waals surface area contributed by atoms with Crippen LogP contribution < -0.4 is 16.4 Å². The first kappa shape index (κ1) is 17.2. The van der Waals surface area contributed by atoms with Gasteiger partial charge in [0.2, 0.25) is 5.91 Å². The summed E-state index contributed by atoms with van der Waals surface area (Å²) in [5.74, 6) is -2.11. The highest BCUT2D eigenvalue weighted by Crippen LogP contribution is 1.98. The predicted octanol–water partition coefficient (Wildman–Crippen LogP) is -0.571. The van der Waals surface area contributed by atoms with Gasteiger partial charge in [-0.1, -0.05) is 13.3 Å². The minimum absolute atomic E-state index is 0.210. The van der Waals surface area contributed by atoms with Crippen molar-refractivity contribution < 1.29 is 24.2 Å². The van der Waals surface area contributed by atoms with Crippen LogP contribution >= 0.6 is 0 Å². The third-order valence-electron chi connectivity index (χ3n) is 2.35. The van der Waals surface area contributed by atoms with Gasteiger partial charge in [-0.3, -0.25) is 4.79 Å². The molecule has 0 aromatic rings. The molecule has 0 radical (unpaired) electrons. The summed E-state index contributed by atoms with van der Waals surface area (Å²) >= 11 is 0. The van der Waals surface area contributed by atoms with Crippen molar-refractivity contribution in [2.45, 2.75) is 38.3 Å². The van der Waals surface area contributed by atoms with Crippen LogP contribution in [-0.2, 0) is 14.3 Å². The van der Waals surface area contributed by atoms with E-state index < -0.39 is 30.4 Å². The molecular formula is C11H21N3O5. The molecule has 0 aliphatic rings. The summed E-state index contributed by atoms with van der Waals surface area (Å²) in [6, 6.07) is -2.20. The highest BCUT2D eigenvalue weighted by atomic mass is 16.5. The van der Waals surface area contributed by atoms with Crippen LogP contribution in [-0.4, -0.2) is 48.8 Å². The third kappa shape index (κ3) is 7.98. The van der Waals surface area contributed by atoms with E-state index in [1.54, 1.807) is 0 Å². The van der Waals surface area contributed by atoms with Crippen LogP contribution in [0.5, 0.6) is 0 Å². The average molecular weight is 275 g/mol. The lowest BCUT2D eigenvalue weighted by Gasteiger charge is -2.19. The van der Waals surface area contributed by atoms with Gasteiger partial charge in [0.05, 0.1) is 19.1 Å². The van der Waals surface area contributed by atoms with Gasteiger partial charge in [-0.25, -0.2) is 9.59 Å². The van der Waals surface area contributed by atoms with Gasteiger partial charge in [0.15, 0.2) is 0 Å². The molecule has 2 unspecified atom stereocenters. The summed E-state index contributed by atoms with van der Waals surface area (Å²) in [4.78, 5) is 33.1. The molecule has 3 amide bonds. The van der Waals surface area contributed by atoms with Gasteiger partial charge in [-0.15, -0.1) is 0 Å². The van der Waals surface area contributed by atoms with Crippen LogP contribution in [0.1, 0.15) is 26.2 Å². The number of amides is 3. The molecule has 0 saturated carbocycles. The van der Waals surface area contributed by atoms with Gasteiger partial charge in [0.25, 0.3) is 0 Å². The second-order valence-corrected chi connectivity index (χ2v) is 4.12. The molecule has 110 valence electrons. The van der Waals surface area contributed by atoms with E-state index >= 15 is 0 Å². The van der Waals surface area contributed by atoms with E-state index in [2.05, 4.69) is 10.6 Å². The smallest absolute Gasteiger partial charge is 0.326 e. The van der Waals surface area contributed by atoms with Crippen LogP contribution in [0.4, 0.5) is 4.79 Å². The third-order valence-corrected chi connectivity index (χ3v) is 2.35. The molecule has 19 heavy (non-hydrogen) atoms. The number of hydrogen-bond donors (Lipinski definition) is 4. The van der Waals surface area contributed by atoms with Crippen LogP contribution in [0.2, 0.25) is 0 Å². The van der Waals surface area contributed by atoms with Crippen LogP contribution in [0.25, 0.3) is 0 Å². The molecule has 5 N–H and O–H groups in total. The van der Waals surface area contributed by atoms with Crippen LogP contribution in [0.3, 0.4) is 0 Å². The Morgan fingerprint density at radius 2 is 1.95 bits per heavy atom. The zero-order chi connectivity index (χ0) is 14.8. The van der Waals surface area contributed by atoms with Crippen molar-refractivity contribution in [3.63, 3.8) is 0 Å². The maximum atomic E-state index is 11.6. The molecule has 0 bridgehead atoms. The Labute approximate surface area is 111 Å². The maximum Gasteiger partial charge on any atom is 0.326 e. The Balaban J connectivity index is 4.37. The summed E-state index contributed by atoms with van der Waals surface area (Å²) in [5, 5.41) is 13.6. The summed E-state index contributed by atoms with van der Waals surface area (Å²) in [7, 11) is 1.51. The molecule has 0 fully saturated rings. The number of nitrogens with two attached hydrogens (primary N) is 1. The van der Waals surface area contributed by atoms with Crippen molar-refractivity contribution >= 4 is 17.9 Å². The van der Waals surface area contributed by atoms with E-state index in [4.69, 9.17) is 15.6 Å². The number of carbonyl (C=O) groups excluding carboxylic acids is 2. The topological polar surface area (TPSA) is 131 Å². The molecule has 0 heterocycles. The number of hydrogen-bond acceptors (Lipinski definition) is 4. The summed E-state index contributed by atoms with van der Waals surface area (Å²) < 4.78 is 4.94. The number of primary amides is 1. The Bertz CT molecular complexity index is 315. The van der Waals surface area contributed by atoms with Gasteiger partial charge >= 0.3 is 12.0 Å². The molecule has 2 atom stereocenters. The first-order valence-corrected chi connectivity index (χ1v) is 5.97. The number of carboxylic acids is 1. The SMILES string of the molecule is CCCC(COC)NC(=O)NC(CC(N)=O)C(=O)O. The summed E-state index contributed by atoms with van der Waals surface area (Å²) in [6.07, 6.45) is 1.10. The highest BCUT2D eigenvalue weighted by molar-refractivity contribution is 5.87. The zero-order valence-electron chi connectivity index (χ0n) is 11.1. The largest absolute Gasteiger partial charge is 0.480 e. The monoisotopic (exact) mass is 275 g/mol. The molecule has 0 aromatic heterocycles. The molecule has 0 aliphatic carbocycles. The van der Waals surface area contributed by atoms with Crippen molar-refractivity contribution in [3.05, 3.63) is 0 Å². The molecule has 8 heteroatoms. The second-order valence-electron chi connectivity index (χ2n) is 4.12. The highest BCUT2D eigenvalue weighted by Gasteiger charge is 2.23. The Hall–Kier alpha value is -1.83. The number of carboxylic acid groups (broad SMARTS) is 1. The van der Waals surface area contributed by atoms with Gasteiger partial charge in [-0.05, 0) is 6.42 Å². The van der Waals surface area contributed by atoms with E-state index in [0.717, 1.165) is 6.42 Å². The average Bonchev–Trinajstić information content (AvgIpc) is 2.27. The number of ether oxygens (including phenoxy) is 1. The lowest BCUT2D eigenvalue weighted by Crippen LogP contribution is -2.51. The van der Waals surface area contributed by atoms with Gasteiger partial charge < -0.3 is 26.2 Å². The number of aliphatic carboxylic acids is 1. The molecule has 0 rings (SSSR count). The van der Waals surface area contributed by atoms with Crippen molar-refractivity contribution in [2.75, 3.05) is 13.7 Å². The van der Waals surface area contributed by atoms with E-state index in [-0.39, 0.29) is 6.04 Å². The first-order chi connectivity index (χ1) is 8.90. The molecule has 0 aromatic carbocycles. The Kier molecular flexibility index (Phi) is 8.27. The Morgan fingerprint density at radius 3 is 2.37 bits per heavy atom. The number of methoxy groups -OCH3 is 1. The number of rotatable bonds is 9. The molecular weight excluding hydrogens is 254 g/mol. The van der Waals surface area contributed by atoms with Crippen molar-refractivity contribution in [2.24, 2.45) is 5.73 Å². The maximum absolute atomic E-state index is 11.6. The van der Waals surface area contributed by atoms with Crippen molar-refractivity contribution in [1.82, 2.24) is 10.6 Å². The fourth-order valence-electron chi connectivity index (χ4n) is 1.53. The van der Waals surface area contributed by atoms with Crippen LogP contribution in [0.15, 0.2) is 0 Å². The lowest BCUT2D eigenvalue weighted by molar-refractivity contribution is -0.140. The van der Waals surface area contributed by atoms with Crippen molar-refractivity contribution in [3.8, 4) is 0 Å². The predicted molar refractivity (Wildman–Crippen MR) is 67.5 cm³/mol. The van der Waals surface area contributed by atoms with E-state index in [1.165, 1.54) is 7.11 Å². The lowest BCUT2D eigenvalue weighted by atomic mass is 10.2. The summed E-state index contributed by atoms with van der Waals surface area (Å²) in [6.45, 7) is 2.28. The fraction of sp³-hybridized carbons (Fsp3) is 0.727. The van der Waals surface area contributed by atoms with E-state index in [9.17, 15) is 14.4 Å². The fourth-order valence-corrected chi connectivity index (χ4v) is 1.53. The van der Waals surface area contributed by atoms with Gasteiger partial charge in [-0.2, -0.15) is 0 Å². The molecule has 8 nitrogen and oxygen atoms in total. The second kappa shape index (κ2) is 9.15. The Morgan fingerprint density at radius 1 is 1.32 bits per heavy atom. The molecule has 0 aliphatic heterocycles. The minimum Gasteiger partial charge on any atom is -0.480 e. The zero-order valence-corrected chi connectivity index (χ0v) is 11.1. The van der Waals surface area contributed by atoms with E-state index in [1.807, 2.05) is 6.92 Å². The van der Waals surface area contributed by atoms with E-state index in [0.29, 0.717) is 13.0 Å². The quantitative estimate of drug-likeness (QED) is 0.447.